The minimum atomic E-state index is -1.13. The number of phenolic OH excluding ortho intramolecular Hbond substituents is 1. The topological polar surface area (TPSA) is 129 Å². The van der Waals surface area contributed by atoms with E-state index in [9.17, 15) is 14.7 Å². The summed E-state index contributed by atoms with van der Waals surface area (Å²) in [6.07, 6.45) is 0.764. The number of nitrogens with zero attached hydrogens (tertiary/aromatic N) is 1. The number of nitrogens with one attached hydrogen (secondary N) is 1. The van der Waals surface area contributed by atoms with Crippen molar-refractivity contribution in [3.05, 3.63) is 65.7 Å². The number of carboxylic acid groups (broad SMARTS) is 1. The van der Waals surface area contributed by atoms with Gasteiger partial charge in [-0.05, 0) is 42.0 Å². The number of carbonyl (C=O) groups is 2. The number of ether oxygens (including phenoxy) is 2. The van der Waals surface area contributed by atoms with E-state index in [1.807, 2.05) is 6.07 Å². The Morgan fingerprint density at radius 2 is 1.96 bits per heavy atom. The molecule has 8 heteroatoms. The van der Waals surface area contributed by atoms with E-state index < -0.39 is 18.2 Å². The SMILES string of the molecule is COc1ccc([C@@H](C/C=C/C(=O)O)OC(=O)Nc2ccc(C#N)cc2)cc1O. The van der Waals surface area contributed by atoms with E-state index in [1.54, 1.807) is 30.3 Å². The van der Waals surface area contributed by atoms with Crippen molar-refractivity contribution >= 4 is 17.7 Å². The Morgan fingerprint density at radius 1 is 1.25 bits per heavy atom. The van der Waals surface area contributed by atoms with Crippen LogP contribution in [0.2, 0.25) is 0 Å². The zero-order valence-electron chi connectivity index (χ0n) is 15.0. The van der Waals surface area contributed by atoms with Gasteiger partial charge < -0.3 is 19.7 Å². The van der Waals surface area contributed by atoms with Crippen LogP contribution in [0.3, 0.4) is 0 Å². The van der Waals surface area contributed by atoms with E-state index in [-0.39, 0.29) is 17.9 Å². The third kappa shape index (κ3) is 5.78. The summed E-state index contributed by atoms with van der Waals surface area (Å²) in [5, 5.41) is 30.0. The molecule has 3 N–H and O–H groups in total. The number of phenols is 1. The molecular weight excluding hydrogens is 364 g/mol. The molecule has 144 valence electrons. The molecule has 0 saturated heterocycles. The molecule has 0 aliphatic heterocycles. The van der Waals surface area contributed by atoms with Gasteiger partial charge in [-0.15, -0.1) is 0 Å². The molecule has 0 aliphatic rings. The zero-order chi connectivity index (χ0) is 20.5. The summed E-state index contributed by atoms with van der Waals surface area (Å²) < 4.78 is 10.4. The molecule has 0 heterocycles. The number of amides is 1. The molecule has 0 fully saturated rings. The van der Waals surface area contributed by atoms with Crippen molar-refractivity contribution in [1.29, 1.82) is 5.26 Å². The van der Waals surface area contributed by atoms with E-state index in [4.69, 9.17) is 19.8 Å². The summed E-state index contributed by atoms with van der Waals surface area (Å²) in [4.78, 5) is 22.9. The molecule has 0 unspecified atom stereocenters. The zero-order valence-corrected chi connectivity index (χ0v) is 15.0. The lowest BCUT2D eigenvalue weighted by Gasteiger charge is -2.18. The Kier molecular flexibility index (Phi) is 6.99. The van der Waals surface area contributed by atoms with Gasteiger partial charge in [0.15, 0.2) is 11.5 Å². The molecule has 1 atom stereocenters. The van der Waals surface area contributed by atoms with Crippen LogP contribution in [0.1, 0.15) is 23.7 Å². The fourth-order valence-corrected chi connectivity index (χ4v) is 2.36. The third-order valence-corrected chi connectivity index (χ3v) is 3.69. The van der Waals surface area contributed by atoms with Crippen molar-refractivity contribution in [2.45, 2.75) is 12.5 Å². The molecule has 0 aliphatic carbocycles. The van der Waals surface area contributed by atoms with Crippen molar-refractivity contribution in [2.75, 3.05) is 12.4 Å². The largest absolute Gasteiger partial charge is 0.504 e. The number of rotatable bonds is 7. The van der Waals surface area contributed by atoms with Gasteiger partial charge in [-0.3, -0.25) is 5.32 Å². The van der Waals surface area contributed by atoms with Crippen LogP contribution in [-0.2, 0) is 9.53 Å². The lowest BCUT2D eigenvalue weighted by atomic mass is 10.1. The van der Waals surface area contributed by atoms with Gasteiger partial charge >= 0.3 is 12.1 Å². The van der Waals surface area contributed by atoms with E-state index >= 15 is 0 Å². The normalized spacial score (nSPS) is 11.4. The highest BCUT2D eigenvalue weighted by molar-refractivity contribution is 5.84. The van der Waals surface area contributed by atoms with E-state index in [1.165, 1.54) is 25.3 Å². The Morgan fingerprint density at radius 3 is 2.54 bits per heavy atom. The van der Waals surface area contributed by atoms with Gasteiger partial charge in [-0.1, -0.05) is 12.1 Å². The lowest BCUT2D eigenvalue weighted by molar-refractivity contribution is -0.131. The molecule has 0 radical (unpaired) electrons. The second kappa shape index (κ2) is 9.64. The molecule has 0 saturated carbocycles. The fraction of sp³-hybridized carbons (Fsp3) is 0.150. The van der Waals surface area contributed by atoms with Crippen molar-refractivity contribution in [3.8, 4) is 17.6 Å². The summed E-state index contributed by atoms with van der Waals surface area (Å²) in [5.74, 6) is -1.01. The Balaban J connectivity index is 2.15. The first kappa shape index (κ1) is 20.3. The molecule has 2 rings (SSSR count). The summed E-state index contributed by atoms with van der Waals surface area (Å²) in [6.45, 7) is 0. The van der Waals surface area contributed by atoms with Crippen molar-refractivity contribution in [3.63, 3.8) is 0 Å². The minimum Gasteiger partial charge on any atom is -0.504 e. The number of carbonyl (C=O) groups excluding carboxylic acids is 1. The van der Waals surface area contributed by atoms with Crippen molar-refractivity contribution in [2.24, 2.45) is 0 Å². The molecule has 0 bridgehead atoms. The van der Waals surface area contributed by atoms with Crippen molar-refractivity contribution < 1.29 is 29.3 Å². The maximum Gasteiger partial charge on any atom is 0.412 e. The highest BCUT2D eigenvalue weighted by Gasteiger charge is 2.18. The third-order valence-electron chi connectivity index (χ3n) is 3.69. The number of benzene rings is 2. The first-order chi connectivity index (χ1) is 13.4. The number of aliphatic carboxylic acids is 1. The molecule has 2 aromatic carbocycles. The molecule has 2 aromatic rings. The summed E-state index contributed by atoms with van der Waals surface area (Å²) in [5.41, 5.74) is 1.34. The smallest absolute Gasteiger partial charge is 0.412 e. The van der Waals surface area contributed by atoms with Gasteiger partial charge in [0, 0.05) is 18.2 Å². The van der Waals surface area contributed by atoms with Crippen LogP contribution in [0.5, 0.6) is 11.5 Å². The van der Waals surface area contributed by atoms with Gasteiger partial charge in [0.05, 0.1) is 18.7 Å². The molecule has 0 spiro atoms. The van der Waals surface area contributed by atoms with Gasteiger partial charge in [0.1, 0.15) is 6.10 Å². The predicted molar refractivity (Wildman–Crippen MR) is 100 cm³/mol. The monoisotopic (exact) mass is 382 g/mol. The van der Waals surface area contributed by atoms with Crippen LogP contribution in [0.4, 0.5) is 10.5 Å². The summed E-state index contributed by atoms with van der Waals surface area (Å²) in [6, 6.07) is 12.7. The number of methoxy groups -OCH3 is 1. The second-order valence-corrected chi connectivity index (χ2v) is 5.62. The van der Waals surface area contributed by atoms with Crippen molar-refractivity contribution in [1.82, 2.24) is 0 Å². The van der Waals surface area contributed by atoms with Gasteiger partial charge in [0.2, 0.25) is 0 Å². The van der Waals surface area contributed by atoms with E-state index in [0.717, 1.165) is 6.08 Å². The number of anilines is 1. The Labute approximate surface area is 161 Å². The lowest BCUT2D eigenvalue weighted by Crippen LogP contribution is -2.17. The van der Waals surface area contributed by atoms with Crippen LogP contribution in [0.25, 0.3) is 0 Å². The highest BCUT2D eigenvalue weighted by atomic mass is 16.6. The average Bonchev–Trinajstić information content (AvgIpc) is 2.67. The molecule has 1 amide bonds. The van der Waals surface area contributed by atoms with Crippen LogP contribution in [0, 0.1) is 11.3 Å². The van der Waals surface area contributed by atoms with Crippen LogP contribution in [0.15, 0.2) is 54.6 Å². The number of hydrogen-bond donors (Lipinski definition) is 3. The summed E-state index contributed by atoms with van der Waals surface area (Å²) >= 11 is 0. The van der Waals surface area contributed by atoms with E-state index in [2.05, 4.69) is 5.32 Å². The van der Waals surface area contributed by atoms with Crippen LogP contribution < -0.4 is 10.1 Å². The maximum absolute atomic E-state index is 12.2. The van der Waals surface area contributed by atoms with E-state index in [0.29, 0.717) is 16.8 Å². The summed E-state index contributed by atoms with van der Waals surface area (Å²) in [7, 11) is 1.41. The number of aromatic hydroxyl groups is 1. The first-order valence-corrected chi connectivity index (χ1v) is 8.17. The maximum atomic E-state index is 12.2. The standard InChI is InChI=1S/C20H18N2O6/c1-27-18-10-7-14(11-16(18)23)17(3-2-4-19(24)25)28-20(26)22-15-8-5-13(12-21)6-9-15/h2,4-11,17,23H,3H2,1H3,(H,22,26)(H,24,25)/b4-2+/t17-/m1/s1. The fourth-order valence-electron chi connectivity index (χ4n) is 2.36. The average molecular weight is 382 g/mol. The number of nitriles is 1. The van der Waals surface area contributed by atoms with Gasteiger partial charge in [0.25, 0.3) is 0 Å². The number of carboxylic acids is 1. The Bertz CT molecular complexity index is 915. The first-order valence-electron chi connectivity index (χ1n) is 8.17. The predicted octanol–water partition coefficient (Wildman–Crippen LogP) is 3.59. The molecule has 8 nitrogen and oxygen atoms in total. The quantitative estimate of drug-likeness (QED) is 0.624. The minimum absolute atomic E-state index is 0.0822. The molecule has 0 aromatic heterocycles. The number of hydrogen-bond acceptors (Lipinski definition) is 6. The van der Waals surface area contributed by atoms with Crippen LogP contribution in [-0.4, -0.2) is 29.4 Å². The highest BCUT2D eigenvalue weighted by Crippen LogP contribution is 2.32. The Hall–Kier alpha value is -3.99. The van der Waals surface area contributed by atoms with Crippen LogP contribution >= 0.6 is 0 Å². The molecule has 28 heavy (non-hydrogen) atoms. The second-order valence-electron chi connectivity index (χ2n) is 5.62. The molecular formula is C20H18N2O6. The van der Waals surface area contributed by atoms with Gasteiger partial charge in [-0.25, -0.2) is 9.59 Å². The van der Waals surface area contributed by atoms with Gasteiger partial charge in [-0.2, -0.15) is 5.26 Å².